The van der Waals surface area contributed by atoms with Crippen molar-refractivity contribution in [2.75, 3.05) is 36.0 Å². The third-order valence-electron chi connectivity index (χ3n) is 7.21. The fourth-order valence-electron chi connectivity index (χ4n) is 5.40. The van der Waals surface area contributed by atoms with Crippen LogP contribution in [-0.4, -0.2) is 37.3 Å². The van der Waals surface area contributed by atoms with E-state index in [0.29, 0.717) is 5.56 Å². The maximum atomic E-state index is 12.2. The van der Waals surface area contributed by atoms with E-state index in [1.807, 2.05) is 12.1 Å². The van der Waals surface area contributed by atoms with Gasteiger partial charge in [-0.05, 0) is 76.4 Å². The van der Waals surface area contributed by atoms with Gasteiger partial charge in [-0.2, -0.15) is 0 Å². The molecule has 0 saturated heterocycles. The van der Waals surface area contributed by atoms with Crippen LogP contribution >= 0.6 is 0 Å². The van der Waals surface area contributed by atoms with Crippen LogP contribution in [0.4, 0.5) is 11.4 Å². The molecule has 1 heterocycles. The first-order valence-corrected chi connectivity index (χ1v) is 12.6. The Labute approximate surface area is 209 Å². The Balaban J connectivity index is 2.00. The van der Waals surface area contributed by atoms with Crippen molar-refractivity contribution in [1.82, 2.24) is 0 Å². The van der Waals surface area contributed by atoms with Crippen LogP contribution in [0.5, 0.6) is 11.5 Å². The van der Waals surface area contributed by atoms with Gasteiger partial charge in [-0.15, -0.1) is 0 Å². The zero-order valence-corrected chi connectivity index (χ0v) is 21.7. The number of aromatic carboxylic acids is 1. The maximum absolute atomic E-state index is 12.2. The minimum atomic E-state index is -0.914. The van der Waals surface area contributed by atoms with Crippen LogP contribution in [-0.2, 0) is 0 Å². The summed E-state index contributed by atoms with van der Waals surface area (Å²) in [6.07, 6.45) is 0. The Kier molecular flexibility index (Phi) is 7.06. The van der Waals surface area contributed by atoms with Gasteiger partial charge in [0.25, 0.3) is 0 Å². The minimum Gasteiger partial charge on any atom is -0.478 e. The van der Waals surface area contributed by atoms with Crippen molar-refractivity contribution >= 4 is 17.3 Å². The van der Waals surface area contributed by atoms with Crippen molar-refractivity contribution in [3.05, 3.63) is 81.9 Å². The number of ether oxygens (including phenoxy) is 1. The second-order valence-corrected chi connectivity index (χ2v) is 9.13. The predicted octanol–water partition coefficient (Wildman–Crippen LogP) is 6.98. The summed E-state index contributed by atoms with van der Waals surface area (Å²) in [6, 6.07) is 16.0. The summed E-state index contributed by atoms with van der Waals surface area (Å²) < 4.78 is 6.60. The van der Waals surface area contributed by atoms with Gasteiger partial charge < -0.3 is 19.6 Å². The Morgan fingerprint density at radius 2 is 1.23 bits per heavy atom. The summed E-state index contributed by atoms with van der Waals surface area (Å²) in [7, 11) is 0. The molecule has 0 bridgehead atoms. The highest BCUT2D eigenvalue weighted by Crippen LogP contribution is 2.51. The first-order chi connectivity index (χ1) is 16.8. The highest BCUT2D eigenvalue weighted by molar-refractivity contribution is 5.90. The lowest BCUT2D eigenvalue weighted by atomic mass is 9.79. The quantitative estimate of drug-likeness (QED) is 0.300. The predicted molar refractivity (Wildman–Crippen MR) is 144 cm³/mol. The number of aryl methyl sites for hydroxylation is 2. The molecule has 0 saturated carbocycles. The van der Waals surface area contributed by atoms with Crippen molar-refractivity contribution in [2.45, 2.75) is 47.5 Å². The molecule has 5 heteroatoms. The number of hydrogen-bond acceptors (Lipinski definition) is 4. The van der Waals surface area contributed by atoms with Crippen LogP contribution in [0.2, 0.25) is 0 Å². The lowest BCUT2D eigenvalue weighted by Crippen LogP contribution is -2.24. The van der Waals surface area contributed by atoms with Crippen molar-refractivity contribution in [2.24, 2.45) is 0 Å². The number of anilines is 2. The Hall–Kier alpha value is -3.47. The van der Waals surface area contributed by atoms with Gasteiger partial charge in [0.2, 0.25) is 0 Å². The standard InChI is InChI=1S/C30H36N2O3/c1-7-31(8-2)25-17-27-23(15-19(25)5)29(21-13-11-12-14-22(21)30(33)34)24-16-20(6)26(18-28(24)35-27)32(9-3)10-4/h11-18,29H,7-10H2,1-6H3,(H,33,34). The number of benzene rings is 3. The van der Waals surface area contributed by atoms with Crippen LogP contribution in [0.15, 0.2) is 48.5 Å². The molecule has 0 aliphatic carbocycles. The summed E-state index contributed by atoms with van der Waals surface area (Å²) in [6.45, 7) is 16.5. The fraction of sp³-hybridized carbons (Fsp3) is 0.367. The summed E-state index contributed by atoms with van der Waals surface area (Å²) >= 11 is 0. The Morgan fingerprint density at radius 1 is 0.771 bits per heavy atom. The first kappa shape index (κ1) is 24.6. The van der Waals surface area contributed by atoms with Gasteiger partial charge in [-0.25, -0.2) is 4.79 Å². The molecule has 3 aromatic rings. The lowest BCUT2D eigenvalue weighted by molar-refractivity contribution is 0.0695. The topological polar surface area (TPSA) is 53.0 Å². The monoisotopic (exact) mass is 472 g/mol. The van der Waals surface area contributed by atoms with Crippen LogP contribution in [0.1, 0.15) is 71.8 Å². The maximum Gasteiger partial charge on any atom is 0.335 e. The molecule has 0 unspecified atom stereocenters. The van der Waals surface area contributed by atoms with E-state index in [2.05, 4.69) is 75.6 Å². The fourth-order valence-corrected chi connectivity index (χ4v) is 5.40. The van der Waals surface area contributed by atoms with Crippen LogP contribution in [0.25, 0.3) is 0 Å². The number of fused-ring (bicyclic) bond motifs is 2. The molecule has 1 aliphatic heterocycles. The third kappa shape index (κ3) is 4.36. The molecule has 3 aromatic carbocycles. The molecule has 0 atom stereocenters. The van der Waals surface area contributed by atoms with Crippen LogP contribution in [0.3, 0.4) is 0 Å². The highest BCUT2D eigenvalue weighted by Gasteiger charge is 2.33. The molecule has 0 radical (unpaired) electrons. The molecule has 1 aliphatic rings. The molecule has 0 spiro atoms. The van der Waals surface area contributed by atoms with Crippen LogP contribution < -0.4 is 14.5 Å². The van der Waals surface area contributed by atoms with E-state index in [9.17, 15) is 9.90 Å². The second kappa shape index (κ2) is 10.0. The molecule has 0 amide bonds. The van der Waals surface area contributed by atoms with E-state index in [1.165, 1.54) is 0 Å². The zero-order chi connectivity index (χ0) is 25.3. The number of carboxylic acids is 1. The molecule has 184 valence electrons. The van der Waals surface area contributed by atoms with E-state index >= 15 is 0 Å². The molecule has 1 N–H and O–H groups in total. The van der Waals surface area contributed by atoms with Gasteiger partial charge in [0, 0.05) is 66.7 Å². The van der Waals surface area contributed by atoms with Crippen molar-refractivity contribution in [3.8, 4) is 11.5 Å². The summed E-state index contributed by atoms with van der Waals surface area (Å²) in [5.41, 5.74) is 7.76. The number of carbonyl (C=O) groups is 1. The van der Waals surface area contributed by atoms with Crippen molar-refractivity contribution < 1.29 is 14.6 Å². The van der Waals surface area contributed by atoms with Crippen molar-refractivity contribution in [3.63, 3.8) is 0 Å². The SMILES string of the molecule is CCN(CC)c1cc2c(cc1C)C(c1ccccc1C(=O)O)c1cc(C)c(N(CC)CC)cc1O2. The largest absolute Gasteiger partial charge is 0.478 e. The number of nitrogens with zero attached hydrogens (tertiary/aromatic N) is 2. The second-order valence-electron chi connectivity index (χ2n) is 9.13. The third-order valence-corrected chi connectivity index (χ3v) is 7.21. The first-order valence-electron chi connectivity index (χ1n) is 12.6. The van der Waals surface area contributed by atoms with Gasteiger partial charge in [-0.1, -0.05) is 18.2 Å². The number of carboxylic acid groups (broad SMARTS) is 1. The zero-order valence-electron chi connectivity index (χ0n) is 21.7. The van der Waals surface area contributed by atoms with E-state index in [0.717, 1.165) is 76.9 Å². The lowest BCUT2D eigenvalue weighted by Gasteiger charge is -2.34. The minimum absolute atomic E-state index is 0.227. The molecule has 5 nitrogen and oxygen atoms in total. The van der Waals surface area contributed by atoms with Gasteiger partial charge in [-0.3, -0.25) is 0 Å². The number of hydrogen-bond donors (Lipinski definition) is 1. The number of rotatable bonds is 8. The van der Waals surface area contributed by atoms with Crippen molar-refractivity contribution in [1.29, 1.82) is 0 Å². The normalized spacial score (nSPS) is 12.5. The molecular weight excluding hydrogens is 436 g/mol. The molecular formula is C30H36N2O3. The Bertz CT molecular complexity index is 1180. The summed E-state index contributed by atoms with van der Waals surface area (Å²) in [4.78, 5) is 16.9. The van der Waals surface area contributed by atoms with Crippen LogP contribution in [0, 0.1) is 13.8 Å². The molecule has 4 rings (SSSR count). The Morgan fingerprint density at radius 3 is 1.66 bits per heavy atom. The smallest absolute Gasteiger partial charge is 0.335 e. The van der Waals surface area contributed by atoms with Gasteiger partial charge in [0.1, 0.15) is 11.5 Å². The highest BCUT2D eigenvalue weighted by atomic mass is 16.5. The van der Waals surface area contributed by atoms with E-state index in [-0.39, 0.29) is 5.92 Å². The van der Waals surface area contributed by atoms with Gasteiger partial charge in [0.15, 0.2) is 0 Å². The van der Waals surface area contributed by atoms with E-state index in [1.54, 1.807) is 12.1 Å². The average Bonchev–Trinajstić information content (AvgIpc) is 2.85. The summed E-state index contributed by atoms with van der Waals surface area (Å²) in [5, 5.41) is 10.0. The van der Waals surface area contributed by atoms with E-state index in [4.69, 9.17) is 4.74 Å². The van der Waals surface area contributed by atoms with E-state index < -0.39 is 5.97 Å². The van der Waals surface area contributed by atoms with Gasteiger partial charge in [0.05, 0.1) is 5.56 Å². The molecule has 35 heavy (non-hydrogen) atoms. The molecule has 0 aromatic heterocycles. The molecule has 0 fully saturated rings. The van der Waals surface area contributed by atoms with Gasteiger partial charge >= 0.3 is 5.97 Å². The average molecular weight is 473 g/mol. The summed E-state index contributed by atoms with van der Waals surface area (Å²) in [5.74, 6) is 0.451.